The molecule has 0 fully saturated rings. The zero-order valence-corrected chi connectivity index (χ0v) is 10.0. The van der Waals surface area contributed by atoms with Crippen LogP contribution < -0.4 is 10.6 Å². The summed E-state index contributed by atoms with van der Waals surface area (Å²) >= 11 is 0. The number of nitrogens with zero attached hydrogens (tertiary/aromatic N) is 3. The Morgan fingerprint density at radius 1 is 1.38 bits per heavy atom. The SMILES string of the molecule is CCN(CCOC)c1ncc(CCN)cn1. The van der Waals surface area contributed by atoms with Crippen molar-refractivity contribution < 1.29 is 4.74 Å². The lowest BCUT2D eigenvalue weighted by molar-refractivity contribution is 0.205. The van der Waals surface area contributed by atoms with Crippen LogP contribution in [-0.2, 0) is 11.2 Å². The van der Waals surface area contributed by atoms with E-state index in [1.54, 1.807) is 7.11 Å². The van der Waals surface area contributed by atoms with Crippen LogP contribution in [0.3, 0.4) is 0 Å². The minimum Gasteiger partial charge on any atom is -0.383 e. The first-order valence-electron chi connectivity index (χ1n) is 5.56. The number of methoxy groups -OCH3 is 1. The molecule has 0 unspecified atom stereocenters. The molecule has 1 aromatic heterocycles. The van der Waals surface area contributed by atoms with Crippen LogP contribution in [0.2, 0.25) is 0 Å². The first kappa shape index (κ1) is 12.9. The van der Waals surface area contributed by atoms with Gasteiger partial charge in [-0.05, 0) is 25.5 Å². The van der Waals surface area contributed by atoms with E-state index >= 15 is 0 Å². The van der Waals surface area contributed by atoms with Crippen molar-refractivity contribution in [3.63, 3.8) is 0 Å². The van der Waals surface area contributed by atoms with Gasteiger partial charge in [-0.25, -0.2) is 9.97 Å². The highest BCUT2D eigenvalue weighted by Gasteiger charge is 2.06. The van der Waals surface area contributed by atoms with Crippen molar-refractivity contribution in [2.75, 3.05) is 38.3 Å². The molecule has 0 amide bonds. The number of ether oxygens (including phenoxy) is 1. The summed E-state index contributed by atoms with van der Waals surface area (Å²) in [5.41, 5.74) is 6.55. The highest BCUT2D eigenvalue weighted by atomic mass is 16.5. The molecule has 0 radical (unpaired) electrons. The second kappa shape index (κ2) is 7.14. The molecular weight excluding hydrogens is 204 g/mol. The van der Waals surface area contributed by atoms with Crippen molar-refractivity contribution in [1.82, 2.24) is 9.97 Å². The number of nitrogens with two attached hydrogens (primary N) is 1. The number of rotatable bonds is 7. The fourth-order valence-corrected chi connectivity index (χ4v) is 1.41. The summed E-state index contributed by atoms with van der Waals surface area (Å²) < 4.78 is 5.04. The van der Waals surface area contributed by atoms with E-state index in [4.69, 9.17) is 10.5 Å². The van der Waals surface area contributed by atoms with Crippen LogP contribution in [0.1, 0.15) is 12.5 Å². The Kier molecular flexibility index (Phi) is 5.74. The predicted octanol–water partition coefficient (Wildman–Crippen LogP) is 0.451. The van der Waals surface area contributed by atoms with Gasteiger partial charge in [-0.1, -0.05) is 0 Å². The van der Waals surface area contributed by atoms with Crippen molar-refractivity contribution >= 4 is 5.95 Å². The van der Waals surface area contributed by atoms with Gasteiger partial charge in [0, 0.05) is 32.6 Å². The molecule has 1 rings (SSSR count). The maximum atomic E-state index is 5.47. The first-order valence-corrected chi connectivity index (χ1v) is 5.56. The van der Waals surface area contributed by atoms with E-state index in [1.807, 2.05) is 12.4 Å². The van der Waals surface area contributed by atoms with E-state index < -0.39 is 0 Å². The summed E-state index contributed by atoms with van der Waals surface area (Å²) in [5, 5.41) is 0. The van der Waals surface area contributed by atoms with Crippen molar-refractivity contribution in [2.24, 2.45) is 5.73 Å². The quantitative estimate of drug-likeness (QED) is 0.728. The molecule has 0 aliphatic rings. The smallest absolute Gasteiger partial charge is 0.225 e. The highest BCUT2D eigenvalue weighted by molar-refractivity contribution is 5.29. The summed E-state index contributed by atoms with van der Waals surface area (Å²) in [7, 11) is 1.69. The van der Waals surface area contributed by atoms with Crippen LogP contribution in [0.15, 0.2) is 12.4 Å². The Morgan fingerprint density at radius 3 is 2.56 bits per heavy atom. The second-order valence-corrected chi connectivity index (χ2v) is 3.50. The molecule has 0 atom stereocenters. The van der Waals surface area contributed by atoms with Gasteiger partial charge in [0.25, 0.3) is 0 Å². The monoisotopic (exact) mass is 224 g/mol. The lowest BCUT2D eigenvalue weighted by Gasteiger charge is -2.20. The van der Waals surface area contributed by atoms with E-state index in [2.05, 4.69) is 21.8 Å². The Balaban J connectivity index is 2.62. The van der Waals surface area contributed by atoms with Gasteiger partial charge < -0.3 is 15.4 Å². The number of aromatic nitrogens is 2. The molecule has 90 valence electrons. The third-order valence-electron chi connectivity index (χ3n) is 2.35. The van der Waals surface area contributed by atoms with Crippen LogP contribution in [-0.4, -0.2) is 43.3 Å². The van der Waals surface area contributed by atoms with Crippen LogP contribution in [0.25, 0.3) is 0 Å². The Labute approximate surface area is 96.6 Å². The normalized spacial score (nSPS) is 10.4. The van der Waals surface area contributed by atoms with Gasteiger partial charge in [-0.3, -0.25) is 0 Å². The summed E-state index contributed by atoms with van der Waals surface area (Å²) in [6.45, 7) is 5.07. The zero-order valence-electron chi connectivity index (χ0n) is 10.0. The fourth-order valence-electron chi connectivity index (χ4n) is 1.41. The first-order chi connectivity index (χ1) is 7.81. The van der Waals surface area contributed by atoms with Crippen LogP contribution in [0.4, 0.5) is 5.95 Å². The largest absolute Gasteiger partial charge is 0.383 e. The Morgan fingerprint density at radius 2 is 2.06 bits per heavy atom. The van der Waals surface area contributed by atoms with Gasteiger partial charge in [0.2, 0.25) is 5.95 Å². The molecule has 1 heterocycles. The van der Waals surface area contributed by atoms with Crippen molar-refractivity contribution in [1.29, 1.82) is 0 Å². The van der Waals surface area contributed by atoms with Crippen LogP contribution in [0.5, 0.6) is 0 Å². The van der Waals surface area contributed by atoms with Gasteiger partial charge in [-0.2, -0.15) is 0 Å². The fraction of sp³-hybridized carbons (Fsp3) is 0.636. The van der Waals surface area contributed by atoms with Crippen molar-refractivity contribution in [3.05, 3.63) is 18.0 Å². The number of likely N-dealkylation sites (N-methyl/N-ethyl adjacent to an activating group) is 1. The summed E-state index contributed by atoms with van der Waals surface area (Å²) in [5.74, 6) is 0.750. The molecular formula is C11H20N4O. The lowest BCUT2D eigenvalue weighted by Crippen LogP contribution is -2.28. The topological polar surface area (TPSA) is 64.3 Å². The molecule has 0 saturated heterocycles. The Bertz CT molecular complexity index is 289. The molecule has 1 aromatic rings. The summed E-state index contributed by atoms with van der Waals surface area (Å²) in [6.07, 6.45) is 4.50. The molecule has 2 N–H and O–H groups in total. The lowest BCUT2D eigenvalue weighted by atomic mass is 10.2. The summed E-state index contributed by atoms with van der Waals surface area (Å²) in [4.78, 5) is 10.7. The van der Waals surface area contributed by atoms with Crippen LogP contribution in [0, 0.1) is 0 Å². The standard InChI is InChI=1S/C11H20N4O/c1-3-15(6-7-16-2)11-13-8-10(4-5-12)9-14-11/h8-9H,3-7,12H2,1-2H3. The maximum absolute atomic E-state index is 5.47. The van der Waals surface area contributed by atoms with Gasteiger partial charge in [0.15, 0.2) is 0 Å². The molecule has 0 aliphatic heterocycles. The summed E-state index contributed by atoms with van der Waals surface area (Å²) in [6, 6.07) is 0. The molecule has 5 heteroatoms. The molecule has 5 nitrogen and oxygen atoms in total. The minimum absolute atomic E-state index is 0.629. The number of anilines is 1. The number of hydrogen-bond acceptors (Lipinski definition) is 5. The van der Waals surface area contributed by atoms with E-state index in [9.17, 15) is 0 Å². The van der Waals surface area contributed by atoms with Gasteiger partial charge >= 0.3 is 0 Å². The van der Waals surface area contributed by atoms with Gasteiger partial charge in [-0.15, -0.1) is 0 Å². The maximum Gasteiger partial charge on any atom is 0.225 e. The highest BCUT2D eigenvalue weighted by Crippen LogP contribution is 2.06. The van der Waals surface area contributed by atoms with Gasteiger partial charge in [0.05, 0.1) is 6.61 Å². The molecule has 0 saturated carbocycles. The Hall–Kier alpha value is -1.20. The van der Waals surface area contributed by atoms with Gasteiger partial charge in [0.1, 0.15) is 0 Å². The predicted molar refractivity (Wildman–Crippen MR) is 64.6 cm³/mol. The second-order valence-electron chi connectivity index (χ2n) is 3.50. The molecule has 0 aliphatic carbocycles. The number of hydrogen-bond donors (Lipinski definition) is 1. The van der Waals surface area contributed by atoms with E-state index in [0.29, 0.717) is 13.2 Å². The van der Waals surface area contributed by atoms with E-state index in [-0.39, 0.29) is 0 Å². The third kappa shape index (κ3) is 3.75. The molecule has 16 heavy (non-hydrogen) atoms. The van der Waals surface area contributed by atoms with Crippen molar-refractivity contribution in [2.45, 2.75) is 13.3 Å². The third-order valence-corrected chi connectivity index (χ3v) is 2.35. The van der Waals surface area contributed by atoms with E-state index in [1.165, 1.54) is 0 Å². The zero-order chi connectivity index (χ0) is 11.8. The minimum atomic E-state index is 0.629. The molecule has 0 bridgehead atoms. The van der Waals surface area contributed by atoms with Crippen LogP contribution >= 0.6 is 0 Å². The van der Waals surface area contributed by atoms with E-state index in [0.717, 1.165) is 31.0 Å². The van der Waals surface area contributed by atoms with Crippen molar-refractivity contribution in [3.8, 4) is 0 Å². The molecule has 0 spiro atoms. The molecule has 0 aromatic carbocycles. The average Bonchev–Trinajstić information content (AvgIpc) is 2.32. The average molecular weight is 224 g/mol.